The average Bonchev–Trinajstić information content (AvgIpc) is 2.03. The lowest BCUT2D eigenvalue weighted by atomic mass is 10.1. The Bertz CT molecular complexity index is 86.9. The molecule has 0 bridgehead atoms. The fourth-order valence-electron chi connectivity index (χ4n) is 1.15. The summed E-state index contributed by atoms with van der Waals surface area (Å²) in [5.74, 6) is 0. The average molecular weight is 155 g/mol. The van der Waals surface area contributed by atoms with Crippen LogP contribution in [0.4, 0.5) is 0 Å². The van der Waals surface area contributed by atoms with Crippen molar-refractivity contribution in [1.82, 2.24) is 0 Å². The molecular formula is C10H21N. The zero-order valence-electron chi connectivity index (χ0n) is 7.97. The van der Waals surface area contributed by atoms with Gasteiger partial charge in [0.2, 0.25) is 0 Å². The molecule has 0 rings (SSSR count). The quantitative estimate of drug-likeness (QED) is 0.394. The molecule has 1 nitrogen and oxygen atoms in total. The third kappa shape index (κ3) is 9.67. The maximum Gasteiger partial charge on any atom is 0.0273 e. The number of nitrogens with zero attached hydrogens (tertiary/aromatic N) is 1. The minimum atomic E-state index is 1.17. The lowest BCUT2D eigenvalue weighted by Gasteiger charge is -1.96. The first kappa shape index (κ1) is 10.7. The van der Waals surface area contributed by atoms with E-state index in [1.807, 2.05) is 13.3 Å². The summed E-state index contributed by atoms with van der Waals surface area (Å²) in [6, 6.07) is 0. The number of unbranched alkanes of at least 4 members (excludes halogenated alkanes) is 6. The Kier molecular flexibility index (Phi) is 9.38. The smallest absolute Gasteiger partial charge is 0.0273 e. The molecule has 66 valence electrons. The lowest BCUT2D eigenvalue weighted by Crippen LogP contribution is -1.80. The molecule has 0 aromatic heterocycles. The van der Waals surface area contributed by atoms with Crippen LogP contribution in [0.5, 0.6) is 0 Å². The first-order valence-electron chi connectivity index (χ1n) is 4.82. The summed E-state index contributed by atoms with van der Waals surface area (Å²) < 4.78 is 0. The monoisotopic (exact) mass is 155 g/mol. The van der Waals surface area contributed by atoms with Crippen molar-refractivity contribution in [3.63, 3.8) is 0 Å². The predicted molar refractivity (Wildman–Crippen MR) is 52.4 cm³/mol. The van der Waals surface area contributed by atoms with Gasteiger partial charge in [0.25, 0.3) is 0 Å². The molecule has 1 heteroatoms. The molecule has 0 radical (unpaired) electrons. The molecule has 0 heterocycles. The zero-order chi connectivity index (χ0) is 8.36. The third-order valence-electron chi connectivity index (χ3n) is 1.87. The van der Waals surface area contributed by atoms with Crippen molar-refractivity contribution < 1.29 is 0 Å². The fraction of sp³-hybridized carbons (Fsp3) is 0.900. The van der Waals surface area contributed by atoms with Crippen molar-refractivity contribution in [3.05, 3.63) is 0 Å². The second-order valence-electron chi connectivity index (χ2n) is 3.00. The van der Waals surface area contributed by atoms with E-state index in [9.17, 15) is 0 Å². The molecule has 0 aliphatic rings. The van der Waals surface area contributed by atoms with E-state index in [1.54, 1.807) is 0 Å². The lowest BCUT2D eigenvalue weighted by molar-refractivity contribution is 0.616. The van der Waals surface area contributed by atoms with Crippen molar-refractivity contribution in [1.29, 1.82) is 0 Å². The van der Waals surface area contributed by atoms with Gasteiger partial charge in [-0.3, -0.25) is 0 Å². The molecule has 0 N–H and O–H groups in total. The summed E-state index contributed by atoms with van der Waals surface area (Å²) in [6.07, 6.45) is 11.5. The topological polar surface area (TPSA) is 12.4 Å². The highest BCUT2D eigenvalue weighted by Gasteiger charge is 1.87. The molecule has 0 aromatic rings. The first-order chi connectivity index (χ1) is 5.41. The van der Waals surface area contributed by atoms with Gasteiger partial charge < -0.3 is 4.99 Å². The summed E-state index contributed by atoms with van der Waals surface area (Å²) >= 11 is 0. The van der Waals surface area contributed by atoms with E-state index in [4.69, 9.17) is 0 Å². The Morgan fingerprint density at radius 3 is 2.27 bits per heavy atom. The molecule has 0 aliphatic carbocycles. The number of rotatable bonds is 7. The fourth-order valence-corrected chi connectivity index (χ4v) is 1.15. The van der Waals surface area contributed by atoms with Gasteiger partial charge in [0.05, 0.1) is 0 Å². The maximum atomic E-state index is 3.94. The van der Waals surface area contributed by atoms with Crippen LogP contribution < -0.4 is 0 Å². The molecule has 0 fully saturated rings. The second-order valence-corrected chi connectivity index (χ2v) is 3.00. The van der Waals surface area contributed by atoms with Crippen LogP contribution in [0.2, 0.25) is 0 Å². The van der Waals surface area contributed by atoms with Crippen LogP contribution in [0.15, 0.2) is 4.99 Å². The van der Waals surface area contributed by atoms with Crippen LogP contribution in [0, 0.1) is 0 Å². The Balaban J connectivity index is 2.79. The highest BCUT2D eigenvalue weighted by molar-refractivity contribution is 5.56. The van der Waals surface area contributed by atoms with Crippen LogP contribution in [0.25, 0.3) is 0 Å². The molecular weight excluding hydrogens is 134 g/mol. The van der Waals surface area contributed by atoms with E-state index in [0.717, 1.165) is 0 Å². The Morgan fingerprint density at radius 1 is 1.00 bits per heavy atom. The van der Waals surface area contributed by atoms with Crippen molar-refractivity contribution in [3.8, 4) is 0 Å². The van der Waals surface area contributed by atoms with Crippen molar-refractivity contribution in [2.75, 3.05) is 7.05 Å². The van der Waals surface area contributed by atoms with Gasteiger partial charge in [0.15, 0.2) is 0 Å². The largest absolute Gasteiger partial charge is 0.301 e. The minimum Gasteiger partial charge on any atom is -0.301 e. The van der Waals surface area contributed by atoms with E-state index in [1.165, 1.54) is 44.9 Å². The molecule has 0 saturated carbocycles. The SMILES string of the molecule is CCCCCCCC/C=N\C. The summed E-state index contributed by atoms with van der Waals surface area (Å²) in [6.45, 7) is 2.25. The van der Waals surface area contributed by atoms with Crippen molar-refractivity contribution in [2.45, 2.75) is 51.9 Å². The van der Waals surface area contributed by atoms with Crippen LogP contribution in [-0.4, -0.2) is 13.3 Å². The molecule has 0 aromatic carbocycles. The Hall–Kier alpha value is -0.330. The Labute approximate surface area is 70.9 Å². The third-order valence-corrected chi connectivity index (χ3v) is 1.87. The van der Waals surface area contributed by atoms with Crippen LogP contribution in [0.3, 0.4) is 0 Å². The normalized spacial score (nSPS) is 11.1. The first-order valence-corrected chi connectivity index (χ1v) is 4.82. The van der Waals surface area contributed by atoms with Gasteiger partial charge in [-0.1, -0.05) is 39.0 Å². The number of aliphatic imine (C=N–C) groups is 1. The summed E-state index contributed by atoms with van der Waals surface area (Å²) in [7, 11) is 1.84. The van der Waals surface area contributed by atoms with E-state index in [-0.39, 0.29) is 0 Å². The van der Waals surface area contributed by atoms with E-state index < -0.39 is 0 Å². The molecule has 11 heavy (non-hydrogen) atoms. The van der Waals surface area contributed by atoms with E-state index in [0.29, 0.717) is 0 Å². The molecule has 0 amide bonds. The summed E-state index contributed by atoms with van der Waals surface area (Å²) in [4.78, 5) is 3.94. The van der Waals surface area contributed by atoms with E-state index >= 15 is 0 Å². The Morgan fingerprint density at radius 2 is 1.64 bits per heavy atom. The minimum absolute atomic E-state index is 1.17. The number of hydrogen-bond acceptors (Lipinski definition) is 1. The molecule has 0 spiro atoms. The van der Waals surface area contributed by atoms with Gasteiger partial charge in [-0.05, 0) is 19.1 Å². The predicted octanol–water partition coefficient (Wildman–Crippen LogP) is 3.44. The van der Waals surface area contributed by atoms with Gasteiger partial charge in [-0.2, -0.15) is 0 Å². The van der Waals surface area contributed by atoms with Gasteiger partial charge in [0.1, 0.15) is 0 Å². The number of hydrogen-bond donors (Lipinski definition) is 0. The molecule has 0 atom stereocenters. The van der Waals surface area contributed by atoms with Crippen LogP contribution >= 0.6 is 0 Å². The zero-order valence-corrected chi connectivity index (χ0v) is 7.97. The van der Waals surface area contributed by atoms with Gasteiger partial charge >= 0.3 is 0 Å². The second kappa shape index (κ2) is 9.67. The highest BCUT2D eigenvalue weighted by atomic mass is 14.6. The van der Waals surface area contributed by atoms with E-state index in [2.05, 4.69) is 11.9 Å². The van der Waals surface area contributed by atoms with Crippen molar-refractivity contribution in [2.24, 2.45) is 4.99 Å². The van der Waals surface area contributed by atoms with Crippen LogP contribution in [0.1, 0.15) is 51.9 Å². The van der Waals surface area contributed by atoms with Gasteiger partial charge in [-0.25, -0.2) is 0 Å². The summed E-state index contributed by atoms with van der Waals surface area (Å²) in [5.41, 5.74) is 0. The van der Waals surface area contributed by atoms with Gasteiger partial charge in [0, 0.05) is 7.05 Å². The van der Waals surface area contributed by atoms with Gasteiger partial charge in [-0.15, -0.1) is 0 Å². The molecule has 0 unspecified atom stereocenters. The highest BCUT2D eigenvalue weighted by Crippen LogP contribution is 2.05. The summed E-state index contributed by atoms with van der Waals surface area (Å²) in [5, 5.41) is 0. The maximum absolute atomic E-state index is 3.94. The van der Waals surface area contributed by atoms with Crippen molar-refractivity contribution >= 4 is 6.21 Å². The molecule has 0 saturated heterocycles. The molecule has 0 aliphatic heterocycles. The van der Waals surface area contributed by atoms with Crippen LogP contribution in [-0.2, 0) is 0 Å². The standard InChI is InChI=1S/C10H21N/c1-3-4-5-6-7-8-9-10-11-2/h10H,3-9H2,1-2H3/b11-10-.